The molecule has 1 aromatic rings. The van der Waals surface area contributed by atoms with Gasteiger partial charge in [-0.15, -0.1) is 0 Å². The second kappa shape index (κ2) is 9.49. The standard InChI is InChI=1S/C19H30N4O4S/c1-14(2)22(12-18(20)24)13-19(25)21-17-11-16(8-7-15(17)3)28(26,27)23-9-5-4-6-10-23/h7-8,11,14H,4-6,9-10,12-13H2,1-3H3,(H2,20,24)(H,21,25). The minimum atomic E-state index is -3.58. The molecule has 1 saturated heterocycles. The molecule has 156 valence electrons. The van der Waals surface area contributed by atoms with Crippen LogP contribution in [-0.2, 0) is 19.6 Å². The van der Waals surface area contributed by atoms with E-state index in [1.54, 1.807) is 24.0 Å². The third-order valence-electron chi connectivity index (χ3n) is 4.87. The van der Waals surface area contributed by atoms with E-state index in [0.717, 1.165) is 24.8 Å². The van der Waals surface area contributed by atoms with Gasteiger partial charge in [-0.1, -0.05) is 12.5 Å². The first-order valence-electron chi connectivity index (χ1n) is 9.54. The highest BCUT2D eigenvalue weighted by Crippen LogP contribution is 2.25. The van der Waals surface area contributed by atoms with Crippen LogP contribution in [0.1, 0.15) is 38.7 Å². The molecule has 0 saturated carbocycles. The van der Waals surface area contributed by atoms with Gasteiger partial charge in [0.05, 0.1) is 18.0 Å². The number of carbonyl (C=O) groups excluding carboxylic acids is 2. The molecule has 0 unspecified atom stereocenters. The van der Waals surface area contributed by atoms with E-state index in [9.17, 15) is 18.0 Å². The van der Waals surface area contributed by atoms with Crippen LogP contribution in [0.5, 0.6) is 0 Å². The van der Waals surface area contributed by atoms with Gasteiger partial charge in [-0.3, -0.25) is 14.5 Å². The van der Waals surface area contributed by atoms with Crippen molar-refractivity contribution < 1.29 is 18.0 Å². The maximum atomic E-state index is 12.9. The minimum absolute atomic E-state index is 0.0108. The number of nitrogens with one attached hydrogen (secondary N) is 1. The summed E-state index contributed by atoms with van der Waals surface area (Å²) in [5.74, 6) is -0.835. The van der Waals surface area contributed by atoms with Crippen molar-refractivity contribution in [1.29, 1.82) is 0 Å². The fraction of sp³-hybridized carbons (Fsp3) is 0.579. The summed E-state index contributed by atoms with van der Waals surface area (Å²) in [6.45, 7) is 6.55. The number of piperidine rings is 1. The second-order valence-corrected chi connectivity index (χ2v) is 9.39. The fourth-order valence-corrected chi connectivity index (χ4v) is 4.69. The lowest BCUT2D eigenvalue weighted by Gasteiger charge is -2.26. The molecule has 3 N–H and O–H groups in total. The number of anilines is 1. The minimum Gasteiger partial charge on any atom is -0.369 e. The molecule has 0 radical (unpaired) electrons. The lowest BCUT2D eigenvalue weighted by atomic mass is 10.2. The molecule has 0 spiro atoms. The quantitative estimate of drug-likeness (QED) is 0.671. The topological polar surface area (TPSA) is 113 Å². The zero-order chi connectivity index (χ0) is 20.9. The predicted octanol–water partition coefficient (Wildman–Crippen LogP) is 1.30. The average Bonchev–Trinajstić information content (AvgIpc) is 2.63. The Morgan fingerprint density at radius 3 is 2.39 bits per heavy atom. The van der Waals surface area contributed by atoms with Gasteiger partial charge in [-0.05, 0) is 51.3 Å². The molecule has 9 heteroatoms. The van der Waals surface area contributed by atoms with Crippen molar-refractivity contribution in [3.63, 3.8) is 0 Å². The third-order valence-corrected chi connectivity index (χ3v) is 6.77. The Balaban J connectivity index is 2.16. The molecule has 0 aromatic heterocycles. The number of rotatable bonds is 8. The van der Waals surface area contributed by atoms with E-state index in [-0.39, 0.29) is 29.9 Å². The molecule has 1 aromatic carbocycles. The molecular formula is C19H30N4O4S. The van der Waals surface area contributed by atoms with Crippen LogP contribution in [-0.4, -0.2) is 61.7 Å². The van der Waals surface area contributed by atoms with E-state index < -0.39 is 15.9 Å². The van der Waals surface area contributed by atoms with E-state index in [0.29, 0.717) is 18.8 Å². The Bertz CT molecular complexity index is 817. The van der Waals surface area contributed by atoms with Gasteiger partial charge in [0.15, 0.2) is 0 Å². The van der Waals surface area contributed by atoms with Gasteiger partial charge >= 0.3 is 0 Å². The average molecular weight is 411 g/mol. The van der Waals surface area contributed by atoms with E-state index in [4.69, 9.17) is 5.73 Å². The lowest BCUT2D eigenvalue weighted by molar-refractivity contribution is -0.121. The van der Waals surface area contributed by atoms with Crippen molar-refractivity contribution in [2.45, 2.75) is 51.0 Å². The second-order valence-electron chi connectivity index (χ2n) is 7.45. The Hall–Kier alpha value is -1.97. The highest BCUT2D eigenvalue weighted by molar-refractivity contribution is 7.89. The van der Waals surface area contributed by atoms with Crippen LogP contribution in [0.4, 0.5) is 5.69 Å². The molecule has 1 fully saturated rings. The van der Waals surface area contributed by atoms with Gasteiger partial charge in [0, 0.05) is 24.8 Å². The number of primary amides is 1. The van der Waals surface area contributed by atoms with Crippen LogP contribution in [0.15, 0.2) is 23.1 Å². The van der Waals surface area contributed by atoms with Crippen LogP contribution < -0.4 is 11.1 Å². The fourth-order valence-electron chi connectivity index (χ4n) is 3.15. The van der Waals surface area contributed by atoms with E-state index in [1.807, 2.05) is 13.8 Å². The number of hydrogen-bond acceptors (Lipinski definition) is 5. The molecule has 8 nitrogen and oxygen atoms in total. The van der Waals surface area contributed by atoms with Gasteiger partial charge in [0.25, 0.3) is 0 Å². The normalized spacial score (nSPS) is 15.8. The predicted molar refractivity (Wildman–Crippen MR) is 108 cm³/mol. The monoisotopic (exact) mass is 410 g/mol. The van der Waals surface area contributed by atoms with E-state index >= 15 is 0 Å². The Labute approximate surface area is 167 Å². The summed E-state index contributed by atoms with van der Waals surface area (Å²) in [4.78, 5) is 25.5. The maximum Gasteiger partial charge on any atom is 0.243 e. The molecule has 0 bridgehead atoms. The first kappa shape index (κ1) is 22.3. The zero-order valence-electron chi connectivity index (χ0n) is 16.8. The number of carbonyl (C=O) groups is 2. The number of benzene rings is 1. The van der Waals surface area contributed by atoms with E-state index in [1.165, 1.54) is 10.4 Å². The van der Waals surface area contributed by atoms with Crippen LogP contribution in [0.25, 0.3) is 0 Å². The molecule has 0 atom stereocenters. The molecule has 0 aliphatic carbocycles. The summed E-state index contributed by atoms with van der Waals surface area (Å²) in [5.41, 5.74) is 6.45. The zero-order valence-corrected chi connectivity index (χ0v) is 17.6. The number of sulfonamides is 1. The van der Waals surface area contributed by atoms with Crippen molar-refractivity contribution in [2.24, 2.45) is 5.73 Å². The number of nitrogens with two attached hydrogens (primary N) is 1. The highest BCUT2D eigenvalue weighted by atomic mass is 32.2. The summed E-state index contributed by atoms with van der Waals surface area (Å²) < 4.78 is 27.3. The molecule has 1 aliphatic rings. The van der Waals surface area contributed by atoms with Crippen molar-refractivity contribution in [1.82, 2.24) is 9.21 Å². The SMILES string of the molecule is Cc1ccc(S(=O)(=O)N2CCCCC2)cc1NC(=O)CN(CC(N)=O)C(C)C. The van der Waals surface area contributed by atoms with Crippen molar-refractivity contribution in [2.75, 3.05) is 31.5 Å². The van der Waals surface area contributed by atoms with Gasteiger partial charge < -0.3 is 11.1 Å². The summed E-state index contributed by atoms with van der Waals surface area (Å²) in [7, 11) is -3.58. The number of hydrogen-bond donors (Lipinski definition) is 2. The van der Waals surface area contributed by atoms with Crippen LogP contribution in [0.3, 0.4) is 0 Å². The van der Waals surface area contributed by atoms with Crippen LogP contribution in [0, 0.1) is 6.92 Å². The molecule has 2 rings (SSSR count). The third kappa shape index (κ3) is 5.76. The molecule has 1 aliphatic heterocycles. The molecule has 1 heterocycles. The highest BCUT2D eigenvalue weighted by Gasteiger charge is 2.26. The van der Waals surface area contributed by atoms with Crippen molar-refractivity contribution in [3.05, 3.63) is 23.8 Å². The van der Waals surface area contributed by atoms with Crippen molar-refractivity contribution in [3.8, 4) is 0 Å². The number of aryl methyl sites for hydroxylation is 1. The van der Waals surface area contributed by atoms with E-state index in [2.05, 4.69) is 5.32 Å². The summed E-state index contributed by atoms with van der Waals surface area (Å²) in [5, 5.41) is 2.77. The van der Waals surface area contributed by atoms with Crippen LogP contribution in [0.2, 0.25) is 0 Å². The summed E-state index contributed by atoms with van der Waals surface area (Å²) >= 11 is 0. The number of amides is 2. The first-order chi connectivity index (χ1) is 13.1. The van der Waals surface area contributed by atoms with Gasteiger partial charge in [0.1, 0.15) is 0 Å². The molecule has 28 heavy (non-hydrogen) atoms. The maximum absolute atomic E-state index is 12.9. The van der Waals surface area contributed by atoms with Gasteiger partial charge in [-0.2, -0.15) is 4.31 Å². The van der Waals surface area contributed by atoms with Gasteiger partial charge in [0.2, 0.25) is 21.8 Å². The lowest BCUT2D eigenvalue weighted by Crippen LogP contribution is -2.43. The Morgan fingerprint density at radius 1 is 1.18 bits per heavy atom. The molecule has 2 amide bonds. The Morgan fingerprint density at radius 2 is 1.82 bits per heavy atom. The summed E-state index contributed by atoms with van der Waals surface area (Å²) in [6, 6.07) is 4.73. The summed E-state index contributed by atoms with van der Waals surface area (Å²) in [6.07, 6.45) is 2.76. The largest absolute Gasteiger partial charge is 0.369 e. The first-order valence-corrected chi connectivity index (χ1v) is 11.0. The van der Waals surface area contributed by atoms with Crippen molar-refractivity contribution >= 4 is 27.5 Å². The number of nitrogens with zero attached hydrogens (tertiary/aromatic N) is 2. The molecular weight excluding hydrogens is 380 g/mol. The smallest absolute Gasteiger partial charge is 0.243 e. The Kier molecular flexibility index (Phi) is 7.56. The van der Waals surface area contributed by atoms with Gasteiger partial charge in [-0.25, -0.2) is 8.42 Å². The van der Waals surface area contributed by atoms with Crippen LogP contribution >= 0.6 is 0 Å².